The Bertz CT molecular complexity index is 1370. The first-order valence-corrected chi connectivity index (χ1v) is 13.4. The quantitative estimate of drug-likeness (QED) is 0.439. The molecule has 2 aromatic carbocycles. The average Bonchev–Trinajstić information content (AvgIpc) is 3.22. The molecule has 0 radical (unpaired) electrons. The Morgan fingerprint density at radius 2 is 1.86 bits per heavy atom. The van der Waals surface area contributed by atoms with Crippen molar-refractivity contribution in [1.82, 2.24) is 9.97 Å². The number of halogens is 4. The zero-order valence-electron chi connectivity index (χ0n) is 18.8. The van der Waals surface area contributed by atoms with Crippen LogP contribution in [0.3, 0.4) is 0 Å². The summed E-state index contributed by atoms with van der Waals surface area (Å²) < 4.78 is 51.6. The van der Waals surface area contributed by atoms with Crippen LogP contribution in [0.1, 0.15) is 43.5 Å². The maximum atomic E-state index is 13.6. The molecule has 2 heterocycles. The molecule has 188 valence electrons. The summed E-state index contributed by atoms with van der Waals surface area (Å²) in [5, 5.41) is 0.519. The van der Waals surface area contributed by atoms with Gasteiger partial charge in [0.05, 0.1) is 37.8 Å². The molecule has 1 amide bonds. The lowest BCUT2D eigenvalue weighted by Crippen LogP contribution is -2.39. The average molecular weight is 545 g/mol. The third-order valence-electron chi connectivity index (χ3n) is 6.23. The molecular weight excluding hydrogens is 521 g/mol. The Hall–Kier alpha value is -2.43. The number of nitrogens with two attached hydrogens (primary N) is 1. The van der Waals surface area contributed by atoms with Crippen LogP contribution in [0.15, 0.2) is 35.2 Å². The Kier molecular flexibility index (Phi) is 7.00. The molecule has 0 aliphatic carbocycles. The van der Waals surface area contributed by atoms with Gasteiger partial charge in [-0.3, -0.25) is 4.79 Å². The number of fused-ring (bicyclic) bond motifs is 1. The lowest BCUT2D eigenvalue weighted by molar-refractivity contribution is -0.118. The summed E-state index contributed by atoms with van der Waals surface area (Å²) in [5.41, 5.74) is 7.47. The molecule has 0 unspecified atom stereocenters. The molecule has 1 aliphatic heterocycles. The number of nitrogens with one attached hydrogen (secondary N) is 1. The first kappa shape index (κ1) is 25.7. The summed E-state index contributed by atoms with van der Waals surface area (Å²) in [5.74, 6) is -3.51. The number of rotatable bonds is 7. The smallest absolute Gasteiger partial charge is 0.251 e. The van der Waals surface area contributed by atoms with Gasteiger partial charge in [0.15, 0.2) is 9.84 Å². The summed E-state index contributed by atoms with van der Waals surface area (Å²) in [6.45, 7) is 1.77. The van der Waals surface area contributed by atoms with Crippen LogP contribution < -0.4 is 10.6 Å². The van der Waals surface area contributed by atoms with Crippen molar-refractivity contribution < 1.29 is 22.0 Å². The molecule has 3 aromatic rings. The third-order valence-corrected chi connectivity index (χ3v) is 8.63. The fourth-order valence-corrected chi connectivity index (χ4v) is 5.87. The van der Waals surface area contributed by atoms with E-state index in [0.29, 0.717) is 33.1 Å². The maximum absolute atomic E-state index is 13.6. The van der Waals surface area contributed by atoms with Crippen LogP contribution in [-0.2, 0) is 14.6 Å². The molecule has 1 aliphatic rings. The van der Waals surface area contributed by atoms with Crippen molar-refractivity contribution in [3.8, 4) is 0 Å². The predicted octanol–water partition coefficient (Wildman–Crippen LogP) is 4.91. The van der Waals surface area contributed by atoms with E-state index in [2.05, 4.69) is 9.97 Å². The number of amides is 1. The molecule has 7 nitrogen and oxygen atoms in total. The van der Waals surface area contributed by atoms with Gasteiger partial charge in [-0.15, -0.1) is 0 Å². The van der Waals surface area contributed by atoms with E-state index in [0.717, 1.165) is 0 Å². The molecule has 12 heteroatoms. The number of primary amides is 1. The molecule has 0 spiro atoms. The van der Waals surface area contributed by atoms with Crippen molar-refractivity contribution in [2.75, 3.05) is 23.7 Å². The number of nitrogens with zero attached hydrogens (tertiary/aromatic N) is 2. The zero-order valence-corrected chi connectivity index (χ0v) is 21.2. The van der Waals surface area contributed by atoms with Crippen molar-refractivity contribution in [2.24, 2.45) is 5.73 Å². The number of anilines is 1. The number of aromatic amines is 1. The van der Waals surface area contributed by atoms with E-state index >= 15 is 0 Å². The number of hydrogen-bond acceptors (Lipinski definition) is 5. The molecule has 0 saturated carbocycles. The Morgan fingerprint density at radius 1 is 1.23 bits per heavy atom. The number of carbonyl (C=O) groups excluding carboxylic acids is 1. The molecule has 1 fully saturated rings. The second-order valence-electron chi connectivity index (χ2n) is 8.58. The second kappa shape index (κ2) is 9.55. The number of sulfone groups is 1. The molecule has 4 rings (SSSR count). The minimum Gasteiger partial charge on any atom is -0.370 e. The highest BCUT2D eigenvalue weighted by atomic mass is 35.5. The highest BCUT2D eigenvalue weighted by molar-refractivity contribution is 7.91. The molecule has 35 heavy (non-hydrogen) atoms. The summed E-state index contributed by atoms with van der Waals surface area (Å²) >= 11 is 13.1. The Morgan fingerprint density at radius 3 is 2.43 bits per heavy atom. The van der Waals surface area contributed by atoms with Gasteiger partial charge in [0, 0.05) is 32.4 Å². The van der Waals surface area contributed by atoms with Gasteiger partial charge >= 0.3 is 0 Å². The molecular formula is C23H24Cl2F2N4O3S. The van der Waals surface area contributed by atoms with E-state index in [4.69, 9.17) is 28.9 Å². The van der Waals surface area contributed by atoms with E-state index in [9.17, 15) is 22.0 Å². The van der Waals surface area contributed by atoms with Gasteiger partial charge in [0.1, 0.15) is 11.3 Å². The predicted molar refractivity (Wildman–Crippen MR) is 132 cm³/mol. The number of imidazole rings is 1. The first-order chi connectivity index (χ1) is 16.4. The summed E-state index contributed by atoms with van der Waals surface area (Å²) in [6.07, 6.45) is -0.680. The molecule has 1 aromatic heterocycles. The number of aromatic nitrogens is 2. The van der Waals surface area contributed by atoms with Crippen molar-refractivity contribution in [3.63, 3.8) is 0 Å². The molecule has 3 N–H and O–H groups in total. The van der Waals surface area contributed by atoms with E-state index in [1.165, 1.54) is 12.1 Å². The summed E-state index contributed by atoms with van der Waals surface area (Å²) in [6, 6.07) is 7.84. The van der Waals surface area contributed by atoms with E-state index < -0.39 is 27.6 Å². The van der Waals surface area contributed by atoms with Crippen molar-refractivity contribution >= 4 is 55.7 Å². The van der Waals surface area contributed by atoms with Crippen LogP contribution in [0.2, 0.25) is 10.0 Å². The van der Waals surface area contributed by atoms with E-state index in [-0.39, 0.29) is 48.0 Å². The van der Waals surface area contributed by atoms with Gasteiger partial charge in [-0.1, -0.05) is 42.3 Å². The highest BCUT2D eigenvalue weighted by Crippen LogP contribution is 2.42. The Balaban J connectivity index is 1.74. The van der Waals surface area contributed by atoms with Gasteiger partial charge in [-0.05, 0) is 23.8 Å². The maximum Gasteiger partial charge on any atom is 0.251 e. The number of hydrogen-bond donors (Lipinski definition) is 2. The second-order valence-corrected chi connectivity index (χ2v) is 11.6. The normalized spacial score (nSPS) is 17.0. The topological polar surface area (TPSA) is 109 Å². The van der Waals surface area contributed by atoms with Gasteiger partial charge in [0.2, 0.25) is 5.91 Å². The monoisotopic (exact) mass is 544 g/mol. The summed E-state index contributed by atoms with van der Waals surface area (Å²) in [7, 11) is -3.38. The molecule has 0 bridgehead atoms. The van der Waals surface area contributed by atoms with Crippen LogP contribution in [0.4, 0.5) is 14.5 Å². The number of H-pyrrole nitrogens is 1. The van der Waals surface area contributed by atoms with Crippen LogP contribution in [-0.4, -0.2) is 49.1 Å². The summed E-state index contributed by atoms with van der Waals surface area (Å²) in [4.78, 5) is 21.5. The first-order valence-electron chi connectivity index (χ1n) is 11.0. The number of carbonyl (C=O) groups is 1. The Labute approximate surface area is 211 Å². The number of piperidine rings is 1. The van der Waals surface area contributed by atoms with Crippen molar-refractivity contribution in [1.29, 1.82) is 0 Å². The van der Waals surface area contributed by atoms with Gasteiger partial charge in [0.25, 0.3) is 5.92 Å². The standard InChI is InChI=1S/C23H24Cl2F2N4O3S/c1-2-35(33,34)14-5-3-13(4-6-14)15(11-18(28)32)22-29-17-12-16(24)21(19(25)20(17)30-22)31-9-7-23(26,27)8-10-31/h3-6,12,15H,2,7-11H2,1H3,(H2,28,32)(H,29,30)/t15-/m0/s1. The minimum atomic E-state index is -3.38. The number of alkyl halides is 2. The van der Waals surface area contributed by atoms with Crippen LogP contribution >= 0.6 is 23.2 Å². The van der Waals surface area contributed by atoms with Gasteiger partial charge in [-0.25, -0.2) is 22.2 Å². The van der Waals surface area contributed by atoms with Crippen LogP contribution in [0.5, 0.6) is 0 Å². The van der Waals surface area contributed by atoms with E-state index in [1.807, 2.05) is 0 Å². The molecule has 1 atom stereocenters. The lowest BCUT2D eigenvalue weighted by atomic mass is 9.95. The molecule has 1 saturated heterocycles. The lowest BCUT2D eigenvalue weighted by Gasteiger charge is -2.34. The third kappa shape index (κ3) is 5.24. The largest absolute Gasteiger partial charge is 0.370 e. The van der Waals surface area contributed by atoms with Crippen LogP contribution in [0, 0.1) is 0 Å². The highest BCUT2D eigenvalue weighted by Gasteiger charge is 2.35. The SMILES string of the molecule is CCS(=O)(=O)c1ccc([C@H](CC(N)=O)c2nc3c(Cl)c(N4CCC(F)(F)CC4)c(Cl)cc3[nH]2)cc1. The van der Waals surface area contributed by atoms with Crippen molar-refractivity contribution in [3.05, 3.63) is 51.8 Å². The number of benzene rings is 2. The zero-order chi connectivity index (χ0) is 25.5. The fourth-order valence-electron chi connectivity index (χ4n) is 4.25. The van der Waals surface area contributed by atoms with E-state index in [1.54, 1.807) is 30.0 Å². The fraction of sp³-hybridized carbons (Fsp3) is 0.391. The van der Waals surface area contributed by atoms with Crippen molar-refractivity contribution in [2.45, 2.75) is 42.9 Å². The van der Waals surface area contributed by atoms with Gasteiger partial charge in [-0.2, -0.15) is 0 Å². The van der Waals surface area contributed by atoms with Crippen LogP contribution in [0.25, 0.3) is 11.0 Å². The van der Waals surface area contributed by atoms with Gasteiger partial charge < -0.3 is 15.6 Å². The minimum absolute atomic E-state index is 0.0309.